The first kappa shape index (κ1) is 23.6. The van der Waals surface area contributed by atoms with Crippen molar-refractivity contribution >= 4 is 24.9 Å². The first-order chi connectivity index (χ1) is 15.0. The van der Waals surface area contributed by atoms with E-state index in [1.807, 2.05) is 5.92 Å². The average molecular weight is 455 g/mol. The summed E-state index contributed by atoms with van der Waals surface area (Å²) in [4.78, 5) is 27.0. The molecule has 1 aromatic heterocycles. The highest BCUT2D eigenvalue weighted by Crippen LogP contribution is 2.53. The van der Waals surface area contributed by atoms with E-state index < -0.39 is 30.6 Å². The Bertz CT molecular complexity index is 1250. The number of hydrogen-bond acceptors (Lipinski definition) is 4. The van der Waals surface area contributed by atoms with Crippen LogP contribution in [0, 0.1) is 18.2 Å². The van der Waals surface area contributed by atoms with Gasteiger partial charge < -0.3 is 15.1 Å². The Kier molecular flexibility index (Phi) is 6.26. The zero-order valence-corrected chi connectivity index (χ0v) is 18.8. The Hall–Kier alpha value is -3.04. The number of aliphatic hydroxyl groups is 1. The molecule has 0 radical (unpaired) electrons. The Morgan fingerprint density at radius 3 is 2.28 bits per heavy atom. The molecular formula is C24H23FNO5P. The van der Waals surface area contributed by atoms with Crippen molar-refractivity contribution in [3.63, 3.8) is 0 Å². The van der Waals surface area contributed by atoms with Crippen molar-refractivity contribution in [3.8, 4) is 23.5 Å². The number of para-hydroxylation sites is 1. The zero-order valence-electron chi connectivity index (χ0n) is 17.8. The third-order valence-electron chi connectivity index (χ3n) is 5.68. The van der Waals surface area contributed by atoms with E-state index in [0.29, 0.717) is 27.7 Å². The second-order valence-electron chi connectivity index (χ2n) is 8.00. The summed E-state index contributed by atoms with van der Waals surface area (Å²) in [6.45, 7) is 4.71. The molecule has 3 aromatic rings. The fourth-order valence-corrected chi connectivity index (χ4v) is 4.87. The van der Waals surface area contributed by atoms with Crippen LogP contribution in [0.5, 0.6) is 0 Å². The lowest BCUT2D eigenvalue weighted by Gasteiger charge is -2.39. The van der Waals surface area contributed by atoms with Crippen LogP contribution in [-0.4, -0.2) is 31.2 Å². The predicted molar refractivity (Wildman–Crippen MR) is 121 cm³/mol. The molecule has 3 unspecified atom stereocenters. The van der Waals surface area contributed by atoms with E-state index in [9.17, 15) is 28.9 Å². The largest absolute Gasteiger partial charge is 0.480 e. The Balaban J connectivity index is 2.60. The minimum absolute atomic E-state index is 0.0190. The standard InChI is InChI=1S/C24H23FNO5P/c1-5-24(22(27)28,32(30)31)23(4,29)20-19(15-10-12-16(25)13-11-15)17-8-6-7-9-18(17)26-21(20)14(2)3/h1,6-14,29,32H,2-4H3,(H,27,28)(H,30,31). The van der Waals surface area contributed by atoms with Crippen molar-refractivity contribution in [2.45, 2.75) is 37.4 Å². The number of hydrogen-bond donors (Lipinski definition) is 3. The quantitative estimate of drug-likeness (QED) is 0.378. The molecule has 0 aliphatic rings. The highest BCUT2D eigenvalue weighted by atomic mass is 31.1. The fraction of sp³-hybridized carbons (Fsp3) is 0.250. The van der Waals surface area contributed by atoms with Gasteiger partial charge in [-0.05, 0) is 42.2 Å². The Morgan fingerprint density at radius 2 is 1.78 bits per heavy atom. The minimum atomic E-state index is -4.01. The van der Waals surface area contributed by atoms with E-state index in [0.717, 1.165) is 6.92 Å². The summed E-state index contributed by atoms with van der Waals surface area (Å²) in [5, 5.41) is 19.4. The number of carboxylic acids is 1. The maximum absolute atomic E-state index is 13.7. The van der Waals surface area contributed by atoms with E-state index in [4.69, 9.17) is 6.42 Å². The summed E-state index contributed by atoms with van der Waals surface area (Å²) in [6, 6.07) is 12.4. The number of halogens is 1. The van der Waals surface area contributed by atoms with Crippen molar-refractivity contribution in [2.75, 3.05) is 0 Å². The number of carbonyl (C=O) groups is 1. The van der Waals surface area contributed by atoms with Gasteiger partial charge in [0.05, 0.1) is 11.2 Å². The summed E-state index contributed by atoms with van der Waals surface area (Å²) in [5.41, 5.74) is -0.765. The van der Waals surface area contributed by atoms with Crippen molar-refractivity contribution in [2.24, 2.45) is 0 Å². The second-order valence-corrected chi connectivity index (χ2v) is 9.36. The van der Waals surface area contributed by atoms with Crippen molar-refractivity contribution in [3.05, 3.63) is 65.6 Å². The number of nitrogens with zero attached hydrogens (tertiary/aromatic N) is 1. The summed E-state index contributed by atoms with van der Waals surface area (Å²) < 4.78 is 26.1. The Morgan fingerprint density at radius 1 is 1.19 bits per heavy atom. The molecule has 3 atom stereocenters. The number of aliphatic carboxylic acids is 1. The minimum Gasteiger partial charge on any atom is -0.480 e. The lowest BCUT2D eigenvalue weighted by atomic mass is 9.75. The van der Waals surface area contributed by atoms with Crippen molar-refractivity contribution in [1.82, 2.24) is 4.98 Å². The molecule has 166 valence electrons. The molecular weight excluding hydrogens is 432 g/mol. The zero-order chi connectivity index (χ0) is 23.8. The number of benzene rings is 2. The van der Waals surface area contributed by atoms with Gasteiger partial charge in [0.25, 0.3) is 0 Å². The normalized spacial score (nSPS) is 16.2. The smallest absolute Gasteiger partial charge is 0.335 e. The molecule has 0 amide bonds. The lowest BCUT2D eigenvalue weighted by Crippen LogP contribution is -2.53. The number of rotatable bonds is 6. The third kappa shape index (κ3) is 3.51. The molecule has 0 aliphatic carbocycles. The molecule has 2 aromatic carbocycles. The first-order valence-electron chi connectivity index (χ1n) is 9.85. The van der Waals surface area contributed by atoms with Crippen LogP contribution in [0.3, 0.4) is 0 Å². The van der Waals surface area contributed by atoms with Crippen LogP contribution in [0.1, 0.15) is 37.9 Å². The van der Waals surface area contributed by atoms with Crippen LogP contribution in [0.25, 0.3) is 22.0 Å². The Labute approximate surface area is 185 Å². The maximum atomic E-state index is 13.7. The van der Waals surface area contributed by atoms with E-state index in [1.54, 1.807) is 38.1 Å². The van der Waals surface area contributed by atoms with E-state index >= 15 is 0 Å². The molecule has 0 aliphatic heterocycles. The number of terminal acetylenes is 1. The summed E-state index contributed by atoms with van der Waals surface area (Å²) >= 11 is 0. The van der Waals surface area contributed by atoms with Gasteiger partial charge in [-0.3, -0.25) is 9.55 Å². The van der Waals surface area contributed by atoms with Gasteiger partial charge in [0.15, 0.2) is 0 Å². The van der Waals surface area contributed by atoms with Gasteiger partial charge in [-0.1, -0.05) is 50.1 Å². The average Bonchev–Trinajstić information content (AvgIpc) is 2.73. The van der Waals surface area contributed by atoms with Gasteiger partial charge in [-0.15, -0.1) is 6.42 Å². The molecule has 3 N–H and O–H groups in total. The number of pyridine rings is 1. The third-order valence-corrected chi connectivity index (χ3v) is 7.16. The fourth-order valence-electron chi connectivity index (χ4n) is 4.02. The van der Waals surface area contributed by atoms with Crippen molar-refractivity contribution in [1.29, 1.82) is 0 Å². The number of fused-ring (bicyclic) bond motifs is 1. The molecule has 0 spiro atoms. The van der Waals surface area contributed by atoms with Gasteiger partial charge in [0, 0.05) is 10.9 Å². The molecule has 3 rings (SSSR count). The molecule has 1 heterocycles. The second kappa shape index (κ2) is 8.48. The van der Waals surface area contributed by atoms with Gasteiger partial charge in [-0.25, -0.2) is 9.18 Å². The molecule has 0 bridgehead atoms. The SMILES string of the molecule is C#CC(C(=O)O)([PH](=O)O)C(C)(O)c1c(C(C)C)nc2ccccc2c1-c1ccc(F)cc1. The van der Waals surface area contributed by atoms with Gasteiger partial charge >= 0.3 is 5.97 Å². The van der Waals surface area contributed by atoms with E-state index in [-0.39, 0.29) is 11.5 Å². The van der Waals surface area contributed by atoms with Crippen LogP contribution in [0.4, 0.5) is 4.39 Å². The molecule has 0 saturated heterocycles. The van der Waals surface area contributed by atoms with Crippen LogP contribution >= 0.6 is 8.03 Å². The molecule has 0 saturated carbocycles. The molecule has 8 heteroatoms. The highest BCUT2D eigenvalue weighted by Gasteiger charge is 2.60. The molecule has 0 fully saturated rings. The highest BCUT2D eigenvalue weighted by molar-refractivity contribution is 7.42. The van der Waals surface area contributed by atoms with Crippen molar-refractivity contribution < 1.29 is 28.9 Å². The summed E-state index contributed by atoms with van der Waals surface area (Å²) in [5.74, 6) is -0.693. The monoisotopic (exact) mass is 455 g/mol. The summed E-state index contributed by atoms with van der Waals surface area (Å²) in [6.07, 6.45) is 5.49. The summed E-state index contributed by atoms with van der Waals surface area (Å²) in [7, 11) is -4.01. The molecule has 6 nitrogen and oxygen atoms in total. The van der Waals surface area contributed by atoms with Crippen LogP contribution in [0.15, 0.2) is 48.5 Å². The van der Waals surface area contributed by atoms with Crippen LogP contribution in [-0.2, 0) is 15.0 Å². The first-order valence-corrected chi connectivity index (χ1v) is 11.2. The van der Waals surface area contributed by atoms with Gasteiger partial charge in [-0.2, -0.15) is 0 Å². The number of carboxylic acid groups (broad SMARTS) is 1. The topological polar surface area (TPSA) is 108 Å². The van der Waals surface area contributed by atoms with Gasteiger partial charge in [0.1, 0.15) is 11.4 Å². The van der Waals surface area contributed by atoms with E-state index in [1.165, 1.54) is 24.3 Å². The van der Waals surface area contributed by atoms with E-state index in [2.05, 4.69) is 4.98 Å². The lowest BCUT2D eigenvalue weighted by molar-refractivity contribution is -0.145. The van der Waals surface area contributed by atoms with Crippen LogP contribution < -0.4 is 0 Å². The predicted octanol–water partition coefficient (Wildman–Crippen LogP) is 4.30. The van der Waals surface area contributed by atoms with Crippen LogP contribution in [0.2, 0.25) is 0 Å². The molecule has 32 heavy (non-hydrogen) atoms. The number of aromatic nitrogens is 1. The maximum Gasteiger partial charge on any atom is 0.335 e. The van der Waals surface area contributed by atoms with Gasteiger partial charge in [0.2, 0.25) is 13.2 Å².